The lowest BCUT2D eigenvalue weighted by Gasteiger charge is -2.34. The lowest BCUT2D eigenvalue weighted by atomic mass is 9.93. The van der Waals surface area contributed by atoms with Crippen LogP contribution in [-0.2, 0) is 4.74 Å². The van der Waals surface area contributed by atoms with Gasteiger partial charge in [0.25, 0.3) is 0 Å². The number of amides is 2. The molecule has 7 heteroatoms. The number of hydrogen-bond acceptors (Lipinski definition) is 3. The minimum absolute atomic E-state index is 0.0735. The van der Waals surface area contributed by atoms with Crippen molar-refractivity contribution in [2.24, 2.45) is 0 Å². The van der Waals surface area contributed by atoms with Crippen molar-refractivity contribution in [3.8, 4) is 0 Å². The Morgan fingerprint density at radius 2 is 2.00 bits per heavy atom. The van der Waals surface area contributed by atoms with Crippen LogP contribution in [0.4, 0.5) is 14.9 Å². The van der Waals surface area contributed by atoms with E-state index in [1.165, 1.54) is 12.1 Å². The van der Waals surface area contributed by atoms with Gasteiger partial charge in [-0.05, 0) is 31.9 Å². The Balaban J connectivity index is 2.09. The molecule has 0 atom stereocenters. The second kappa shape index (κ2) is 6.09. The first kappa shape index (κ1) is 15.2. The molecule has 1 aromatic rings. The SMILES string of the molecule is CC1(NC(=O)Nc2cccc(F)c2C(=O)O)CCOCC1. The molecule has 0 unspecified atom stereocenters. The van der Waals surface area contributed by atoms with Gasteiger partial charge in [0.05, 0.1) is 5.69 Å². The van der Waals surface area contributed by atoms with Gasteiger partial charge < -0.3 is 20.5 Å². The van der Waals surface area contributed by atoms with E-state index in [1.807, 2.05) is 6.92 Å². The topological polar surface area (TPSA) is 87.7 Å². The van der Waals surface area contributed by atoms with Crippen LogP contribution < -0.4 is 10.6 Å². The van der Waals surface area contributed by atoms with Crippen molar-refractivity contribution < 1.29 is 23.8 Å². The monoisotopic (exact) mass is 296 g/mol. The fourth-order valence-electron chi connectivity index (χ4n) is 2.22. The van der Waals surface area contributed by atoms with Gasteiger partial charge in [-0.15, -0.1) is 0 Å². The largest absolute Gasteiger partial charge is 0.478 e. The molecule has 1 aromatic carbocycles. The van der Waals surface area contributed by atoms with E-state index in [0.29, 0.717) is 26.1 Å². The van der Waals surface area contributed by atoms with Crippen molar-refractivity contribution in [3.63, 3.8) is 0 Å². The summed E-state index contributed by atoms with van der Waals surface area (Å²) < 4.78 is 18.7. The second-order valence-corrected chi connectivity index (χ2v) is 5.22. The summed E-state index contributed by atoms with van der Waals surface area (Å²) in [7, 11) is 0. The van der Waals surface area contributed by atoms with Crippen LogP contribution in [0.5, 0.6) is 0 Å². The molecular weight excluding hydrogens is 279 g/mol. The van der Waals surface area contributed by atoms with Gasteiger partial charge in [0, 0.05) is 18.8 Å². The number of rotatable bonds is 3. The summed E-state index contributed by atoms with van der Waals surface area (Å²) >= 11 is 0. The highest BCUT2D eigenvalue weighted by Crippen LogP contribution is 2.22. The summed E-state index contributed by atoms with van der Waals surface area (Å²) in [6, 6.07) is 3.16. The molecule has 0 bridgehead atoms. The molecular formula is C14H17FN2O4. The van der Waals surface area contributed by atoms with Crippen LogP contribution in [0.1, 0.15) is 30.1 Å². The van der Waals surface area contributed by atoms with Crippen molar-refractivity contribution in [1.29, 1.82) is 0 Å². The van der Waals surface area contributed by atoms with Crippen molar-refractivity contribution in [3.05, 3.63) is 29.6 Å². The number of anilines is 1. The first-order valence-electron chi connectivity index (χ1n) is 6.60. The number of nitrogens with one attached hydrogen (secondary N) is 2. The van der Waals surface area contributed by atoms with Crippen LogP contribution in [0.3, 0.4) is 0 Å². The lowest BCUT2D eigenvalue weighted by molar-refractivity contribution is 0.0499. The zero-order valence-electron chi connectivity index (χ0n) is 11.6. The summed E-state index contributed by atoms with van der Waals surface area (Å²) in [6.07, 6.45) is 1.32. The number of ether oxygens (including phenoxy) is 1. The minimum atomic E-state index is -1.43. The number of benzene rings is 1. The highest BCUT2D eigenvalue weighted by Gasteiger charge is 2.29. The van der Waals surface area contributed by atoms with E-state index in [0.717, 1.165) is 6.07 Å². The standard InChI is InChI=1S/C14H17FN2O4/c1-14(5-7-21-8-6-14)17-13(20)16-10-4-2-3-9(15)11(10)12(18)19/h2-4H,5-8H2,1H3,(H,18,19)(H2,16,17,20). The first-order chi connectivity index (χ1) is 9.91. The first-order valence-corrected chi connectivity index (χ1v) is 6.60. The molecule has 1 heterocycles. The number of carbonyl (C=O) groups excluding carboxylic acids is 1. The summed E-state index contributed by atoms with van der Waals surface area (Å²) in [4.78, 5) is 23.0. The van der Waals surface area contributed by atoms with Gasteiger partial charge in [-0.1, -0.05) is 6.07 Å². The number of halogens is 1. The number of carboxylic acids is 1. The van der Waals surface area contributed by atoms with E-state index < -0.39 is 28.9 Å². The predicted molar refractivity (Wildman–Crippen MR) is 74.0 cm³/mol. The highest BCUT2D eigenvalue weighted by molar-refractivity contribution is 6.00. The highest BCUT2D eigenvalue weighted by atomic mass is 19.1. The molecule has 3 N–H and O–H groups in total. The van der Waals surface area contributed by atoms with Crippen LogP contribution in [0.15, 0.2) is 18.2 Å². The van der Waals surface area contributed by atoms with Crippen LogP contribution in [0.25, 0.3) is 0 Å². The van der Waals surface area contributed by atoms with Crippen LogP contribution in [0.2, 0.25) is 0 Å². The number of urea groups is 1. The van der Waals surface area contributed by atoms with Crippen LogP contribution >= 0.6 is 0 Å². The average Bonchev–Trinajstić information content (AvgIpc) is 2.38. The molecule has 2 amide bonds. The van der Waals surface area contributed by atoms with Gasteiger partial charge in [0.2, 0.25) is 0 Å². The summed E-state index contributed by atoms with van der Waals surface area (Å²) in [5, 5.41) is 14.2. The third kappa shape index (κ3) is 3.69. The van der Waals surface area contributed by atoms with Gasteiger partial charge in [-0.3, -0.25) is 0 Å². The summed E-state index contributed by atoms with van der Waals surface area (Å²) in [5.74, 6) is -2.32. The Labute approximate surface area is 121 Å². The molecule has 1 saturated heterocycles. The quantitative estimate of drug-likeness (QED) is 0.798. The van der Waals surface area contributed by atoms with Crippen molar-refractivity contribution in [2.45, 2.75) is 25.3 Å². The number of hydrogen-bond donors (Lipinski definition) is 3. The Morgan fingerprint density at radius 3 is 2.62 bits per heavy atom. The zero-order valence-corrected chi connectivity index (χ0v) is 11.6. The number of carboxylic acid groups (broad SMARTS) is 1. The van der Waals surface area contributed by atoms with Gasteiger partial charge >= 0.3 is 12.0 Å². The maximum Gasteiger partial charge on any atom is 0.340 e. The van der Waals surface area contributed by atoms with Crippen LogP contribution in [-0.4, -0.2) is 35.9 Å². The molecule has 1 fully saturated rings. The molecule has 114 valence electrons. The Morgan fingerprint density at radius 1 is 1.33 bits per heavy atom. The zero-order chi connectivity index (χ0) is 15.5. The van der Waals surface area contributed by atoms with Crippen molar-refractivity contribution in [1.82, 2.24) is 5.32 Å². The normalized spacial score (nSPS) is 17.0. The van der Waals surface area contributed by atoms with E-state index in [4.69, 9.17) is 9.84 Å². The third-order valence-electron chi connectivity index (χ3n) is 3.49. The smallest absolute Gasteiger partial charge is 0.340 e. The van der Waals surface area contributed by atoms with E-state index >= 15 is 0 Å². The third-order valence-corrected chi connectivity index (χ3v) is 3.49. The Kier molecular flexibility index (Phi) is 4.42. The second-order valence-electron chi connectivity index (χ2n) is 5.22. The molecule has 0 aliphatic carbocycles. The minimum Gasteiger partial charge on any atom is -0.478 e. The van der Waals surface area contributed by atoms with E-state index in [2.05, 4.69) is 10.6 Å². The number of aromatic carboxylic acids is 1. The fourth-order valence-corrected chi connectivity index (χ4v) is 2.22. The lowest BCUT2D eigenvalue weighted by Crippen LogP contribution is -2.51. The van der Waals surface area contributed by atoms with Gasteiger partial charge in [0.15, 0.2) is 0 Å². The van der Waals surface area contributed by atoms with Gasteiger partial charge in [-0.25, -0.2) is 14.0 Å². The molecule has 0 radical (unpaired) electrons. The molecule has 21 heavy (non-hydrogen) atoms. The maximum atomic E-state index is 13.5. The Bertz CT molecular complexity index is 556. The molecule has 0 saturated carbocycles. The van der Waals surface area contributed by atoms with Crippen molar-refractivity contribution in [2.75, 3.05) is 18.5 Å². The molecule has 1 aliphatic rings. The summed E-state index contributed by atoms with van der Waals surface area (Å²) in [5.41, 5.74) is -1.04. The molecule has 6 nitrogen and oxygen atoms in total. The fraction of sp³-hybridized carbons (Fsp3) is 0.429. The summed E-state index contributed by atoms with van der Waals surface area (Å²) in [6.45, 7) is 2.99. The molecule has 1 aliphatic heterocycles. The maximum absolute atomic E-state index is 13.5. The van der Waals surface area contributed by atoms with E-state index in [-0.39, 0.29) is 5.69 Å². The van der Waals surface area contributed by atoms with Gasteiger partial charge in [-0.2, -0.15) is 0 Å². The van der Waals surface area contributed by atoms with Crippen molar-refractivity contribution >= 4 is 17.7 Å². The van der Waals surface area contributed by atoms with E-state index in [1.54, 1.807) is 0 Å². The Hall–Kier alpha value is -2.15. The van der Waals surface area contributed by atoms with Gasteiger partial charge in [0.1, 0.15) is 11.4 Å². The number of carbonyl (C=O) groups is 2. The molecule has 0 spiro atoms. The molecule has 0 aromatic heterocycles. The predicted octanol–water partition coefficient (Wildman–Crippen LogP) is 2.21. The average molecular weight is 296 g/mol. The van der Waals surface area contributed by atoms with E-state index in [9.17, 15) is 14.0 Å². The molecule has 2 rings (SSSR count). The van der Waals surface area contributed by atoms with Crippen LogP contribution in [0, 0.1) is 5.82 Å².